The normalized spacial score (nSPS) is 13.2. The molecule has 0 spiro atoms. The van der Waals surface area contributed by atoms with E-state index in [-0.39, 0.29) is 11.7 Å². The second-order valence-electron chi connectivity index (χ2n) is 6.89. The van der Waals surface area contributed by atoms with Crippen molar-refractivity contribution in [2.24, 2.45) is 0 Å². The minimum absolute atomic E-state index is 0.146. The molecule has 0 aliphatic heterocycles. The van der Waals surface area contributed by atoms with Crippen LogP contribution < -0.4 is 4.74 Å². The fraction of sp³-hybridized carbons (Fsp3) is 0.700. The van der Waals surface area contributed by atoms with E-state index in [1.165, 1.54) is 36.8 Å². The van der Waals surface area contributed by atoms with E-state index < -0.39 is 0 Å². The Morgan fingerprint density at radius 1 is 1.09 bits per heavy atom. The average Bonchev–Trinajstić information content (AvgIpc) is 2.48. The molecule has 0 radical (unpaired) electrons. The van der Waals surface area contributed by atoms with Gasteiger partial charge in [-0.3, -0.25) is 0 Å². The second-order valence-corrected chi connectivity index (χ2v) is 6.89. The smallest absolute Gasteiger partial charge is 0.199 e. The van der Waals surface area contributed by atoms with E-state index in [0.29, 0.717) is 0 Å². The predicted octanol–water partition coefficient (Wildman–Crippen LogP) is 6.00. The lowest BCUT2D eigenvalue weighted by Crippen LogP contribution is -2.20. The topological polar surface area (TPSA) is 18.5 Å². The van der Waals surface area contributed by atoms with Crippen molar-refractivity contribution < 1.29 is 9.47 Å². The van der Waals surface area contributed by atoms with Gasteiger partial charge >= 0.3 is 0 Å². The van der Waals surface area contributed by atoms with Crippen molar-refractivity contribution >= 4 is 0 Å². The first kappa shape index (κ1) is 19.0. The highest BCUT2D eigenvalue weighted by Gasteiger charge is 2.21. The molecule has 0 heterocycles. The molecule has 0 bridgehead atoms. The predicted molar refractivity (Wildman–Crippen MR) is 94.7 cm³/mol. The molecule has 22 heavy (non-hydrogen) atoms. The summed E-state index contributed by atoms with van der Waals surface area (Å²) in [5.41, 5.74) is 2.82. The summed E-state index contributed by atoms with van der Waals surface area (Å²) < 4.78 is 11.4. The van der Waals surface area contributed by atoms with Gasteiger partial charge in [0.05, 0.1) is 0 Å². The van der Waals surface area contributed by atoms with Crippen LogP contribution in [0, 0.1) is 6.92 Å². The van der Waals surface area contributed by atoms with Gasteiger partial charge in [0.25, 0.3) is 0 Å². The van der Waals surface area contributed by atoms with E-state index in [0.717, 1.165) is 18.6 Å². The van der Waals surface area contributed by atoms with Crippen LogP contribution in [0.2, 0.25) is 0 Å². The second kappa shape index (κ2) is 9.19. The summed E-state index contributed by atoms with van der Waals surface area (Å²) in [5, 5.41) is 0. The summed E-state index contributed by atoms with van der Waals surface area (Å²) in [6.07, 6.45) is 6.95. The number of unbranched alkanes of at least 4 members (excludes halogenated alkanes) is 2. The van der Waals surface area contributed by atoms with Crippen LogP contribution in [-0.2, 0) is 10.2 Å². The number of ether oxygens (including phenoxy) is 2. The Bertz CT molecular complexity index is 437. The van der Waals surface area contributed by atoms with Crippen molar-refractivity contribution in [2.45, 2.75) is 84.8 Å². The van der Waals surface area contributed by atoms with Gasteiger partial charge in [-0.25, -0.2) is 0 Å². The molecule has 1 unspecified atom stereocenters. The van der Waals surface area contributed by atoms with Crippen LogP contribution in [0.3, 0.4) is 0 Å². The quantitative estimate of drug-likeness (QED) is 0.389. The highest BCUT2D eigenvalue weighted by atomic mass is 16.7. The Morgan fingerprint density at radius 3 is 2.36 bits per heavy atom. The summed E-state index contributed by atoms with van der Waals surface area (Å²) >= 11 is 0. The number of hydrogen-bond donors (Lipinski definition) is 0. The molecule has 2 nitrogen and oxygen atoms in total. The molecular weight excluding hydrogens is 272 g/mol. The highest BCUT2D eigenvalue weighted by Crippen LogP contribution is 2.32. The minimum atomic E-state index is -0.146. The molecule has 0 aromatic heterocycles. The minimum Gasteiger partial charge on any atom is -0.465 e. The maximum Gasteiger partial charge on any atom is 0.199 e. The van der Waals surface area contributed by atoms with E-state index in [4.69, 9.17) is 9.47 Å². The number of aryl methyl sites for hydroxylation is 1. The van der Waals surface area contributed by atoms with Crippen molar-refractivity contribution in [1.29, 1.82) is 0 Å². The molecule has 1 rings (SSSR count). The van der Waals surface area contributed by atoms with Gasteiger partial charge < -0.3 is 9.47 Å². The summed E-state index contributed by atoms with van der Waals surface area (Å²) in [4.78, 5) is 0. The number of hydrogen-bond acceptors (Lipinski definition) is 2. The zero-order valence-electron chi connectivity index (χ0n) is 15.4. The Balaban J connectivity index is 2.79. The summed E-state index contributed by atoms with van der Waals surface area (Å²) in [6.45, 7) is 11.2. The lowest BCUT2D eigenvalue weighted by atomic mass is 9.79. The molecule has 0 saturated carbocycles. The van der Waals surface area contributed by atoms with E-state index in [9.17, 15) is 0 Å². The molecule has 2 heteroatoms. The summed E-state index contributed by atoms with van der Waals surface area (Å²) in [6, 6.07) is 6.60. The van der Waals surface area contributed by atoms with E-state index >= 15 is 0 Å². The molecule has 0 fully saturated rings. The molecule has 1 aromatic rings. The molecule has 0 aliphatic carbocycles. The number of benzene rings is 1. The van der Waals surface area contributed by atoms with E-state index in [1.807, 2.05) is 0 Å². The van der Waals surface area contributed by atoms with Crippen LogP contribution in [0.5, 0.6) is 5.75 Å². The third-order valence-corrected chi connectivity index (χ3v) is 4.41. The first-order valence-corrected chi connectivity index (χ1v) is 8.75. The van der Waals surface area contributed by atoms with Crippen LogP contribution in [0.1, 0.15) is 77.3 Å². The first-order valence-electron chi connectivity index (χ1n) is 8.75. The maximum absolute atomic E-state index is 5.98. The first-order chi connectivity index (χ1) is 10.4. The van der Waals surface area contributed by atoms with Crippen molar-refractivity contribution in [3.63, 3.8) is 0 Å². The Labute approximate surface area is 137 Å². The molecular formula is C20H34O2. The van der Waals surface area contributed by atoms with Gasteiger partial charge in [0.15, 0.2) is 6.29 Å². The highest BCUT2D eigenvalue weighted by molar-refractivity contribution is 5.39. The lowest BCUT2D eigenvalue weighted by Gasteiger charge is -2.27. The average molecular weight is 306 g/mol. The van der Waals surface area contributed by atoms with Crippen LogP contribution in [0.15, 0.2) is 18.2 Å². The van der Waals surface area contributed by atoms with Gasteiger partial charge in [0.1, 0.15) is 5.75 Å². The van der Waals surface area contributed by atoms with Gasteiger partial charge in [-0.2, -0.15) is 0 Å². The third-order valence-electron chi connectivity index (χ3n) is 4.41. The molecule has 0 N–H and O–H groups in total. The van der Waals surface area contributed by atoms with Crippen LogP contribution in [0.25, 0.3) is 0 Å². The van der Waals surface area contributed by atoms with Crippen molar-refractivity contribution in [3.8, 4) is 5.75 Å². The zero-order valence-corrected chi connectivity index (χ0v) is 15.4. The summed E-state index contributed by atoms with van der Waals surface area (Å²) in [7, 11) is 1.71. The molecule has 0 amide bonds. The monoisotopic (exact) mass is 306 g/mol. The maximum atomic E-state index is 5.98. The van der Waals surface area contributed by atoms with Crippen LogP contribution in [-0.4, -0.2) is 13.4 Å². The number of rotatable bonds is 10. The fourth-order valence-corrected chi connectivity index (χ4v) is 2.77. The summed E-state index contributed by atoms with van der Waals surface area (Å²) in [5.74, 6) is 0.938. The van der Waals surface area contributed by atoms with Crippen molar-refractivity contribution in [1.82, 2.24) is 0 Å². The molecule has 126 valence electrons. The van der Waals surface area contributed by atoms with E-state index in [2.05, 4.69) is 52.8 Å². The Kier molecular flexibility index (Phi) is 7.95. The zero-order chi connectivity index (χ0) is 16.6. The van der Waals surface area contributed by atoms with Gasteiger partial charge in [0.2, 0.25) is 0 Å². The Hall–Kier alpha value is -1.02. The molecule has 0 saturated heterocycles. The molecule has 1 atom stereocenters. The van der Waals surface area contributed by atoms with Gasteiger partial charge in [-0.15, -0.1) is 0 Å². The Morgan fingerprint density at radius 2 is 1.82 bits per heavy atom. The van der Waals surface area contributed by atoms with Crippen LogP contribution in [0.4, 0.5) is 0 Å². The lowest BCUT2D eigenvalue weighted by molar-refractivity contribution is -0.0587. The van der Waals surface area contributed by atoms with Gasteiger partial charge in [-0.05, 0) is 36.0 Å². The fourth-order valence-electron chi connectivity index (χ4n) is 2.77. The van der Waals surface area contributed by atoms with Gasteiger partial charge in [0, 0.05) is 13.5 Å². The van der Waals surface area contributed by atoms with Gasteiger partial charge in [-0.1, -0.05) is 65.5 Å². The third kappa shape index (κ3) is 5.64. The van der Waals surface area contributed by atoms with Crippen molar-refractivity contribution in [3.05, 3.63) is 29.3 Å². The molecule has 1 aromatic carbocycles. The van der Waals surface area contributed by atoms with Crippen molar-refractivity contribution in [2.75, 3.05) is 7.11 Å². The van der Waals surface area contributed by atoms with Crippen LogP contribution >= 0.6 is 0 Å². The number of methoxy groups -OCH3 is 1. The van der Waals surface area contributed by atoms with E-state index in [1.54, 1.807) is 7.11 Å². The largest absolute Gasteiger partial charge is 0.465 e. The SMILES string of the molecule is CCCCCC(C)(C)c1ccc(OC(CCC)OC)c(C)c1. The standard InChI is InChI=1S/C20H34O2/c1-7-9-10-14-20(4,5)17-12-13-18(16(3)15-17)22-19(21-6)11-8-2/h12-13,15,19H,7-11,14H2,1-6H3. The molecule has 0 aliphatic rings.